The number of phosphoric ester groups is 2. The van der Waals surface area contributed by atoms with E-state index in [0.717, 1.165) is 109 Å². The van der Waals surface area contributed by atoms with Gasteiger partial charge >= 0.3 is 39.5 Å². The Kier molecular flexibility index (Phi) is 64.4. The summed E-state index contributed by atoms with van der Waals surface area (Å²) in [4.78, 5) is 72.5. The van der Waals surface area contributed by atoms with Gasteiger partial charge in [-0.2, -0.15) is 0 Å². The summed E-state index contributed by atoms with van der Waals surface area (Å²) in [5, 5.41) is 10.6. The molecule has 0 heterocycles. The molecule has 0 aliphatic rings. The molecule has 536 valence electrons. The second-order valence-electron chi connectivity index (χ2n) is 25.3. The van der Waals surface area contributed by atoms with Gasteiger partial charge in [0.2, 0.25) is 0 Å². The zero-order valence-electron chi connectivity index (χ0n) is 58.3. The van der Waals surface area contributed by atoms with E-state index in [-0.39, 0.29) is 25.7 Å². The first-order valence-electron chi connectivity index (χ1n) is 37.1. The summed E-state index contributed by atoms with van der Waals surface area (Å²) in [5.74, 6) is -2.15. The maximum Gasteiger partial charge on any atom is 0.472 e. The zero-order valence-corrected chi connectivity index (χ0v) is 60.1. The second kappa shape index (κ2) is 66.2. The minimum atomic E-state index is -4.96. The van der Waals surface area contributed by atoms with E-state index in [9.17, 15) is 43.2 Å². The number of esters is 4. The molecule has 0 rings (SSSR count). The predicted molar refractivity (Wildman–Crippen MR) is 368 cm³/mol. The van der Waals surface area contributed by atoms with Crippen molar-refractivity contribution in [2.75, 3.05) is 39.6 Å². The number of carbonyl (C=O) groups is 4. The van der Waals surface area contributed by atoms with E-state index < -0.39 is 97.5 Å². The first-order valence-corrected chi connectivity index (χ1v) is 40.1. The van der Waals surface area contributed by atoms with Gasteiger partial charge in [-0.3, -0.25) is 37.3 Å². The molecule has 19 heteroatoms. The molecular formula is C72H136O17P2. The normalized spacial score (nSPS) is 14.1. The molecule has 91 heavy (non-hydrogen) atoms. The third-order valence-corrected chi connectivity index (χ3v) is 18.1. The number of hydrogen-bond acceptors (Lipinski definition) is 15. The average Bonchev–Trinajstić information content (AvgIpc) is 3.68. The van der Waals surface area contributed by atoms with Crippen molar-refractivity contribution >= 4 is 39.5 Å². The van der Waals surface area contributed by atoms with Gasteiger partial charge < -0.3 is 33.8 Å². The Balaban J connectivity index is 5.26. The first-order chi connectivity index (χ1) is 44.2. The topological polar surface area (TPSA) is 237 Å². The van der Waals surface area contributed by atoms with E-state index >= 15 is 0 Å². The van der Waals surface area contributed by atoms with Gasteiger partial charge in [-0.25, -0.2) is 9.13 Å². The molecule has 0 saturated heterocycles. The monoisotopic (exact) mass is 1330 g/mol. The van der Waals surface area contributed by atoms with Crippen LogP contribution in [-0.2, 0) is 65.4 Å². The highest BCUT2D eigenvalue weighted by molar-refractivity contribution is 7.47. The molecule has 0 fully saturated rings. The van der Waals surface area contributed by atoms with Crippen LogP contribution in [0.15, 0.2) is 24.3 Å². The number of aliphatic hydroxyl groups excluding tert-OH is 1. The summed E-state index contributed by atoms with van der Waals surface area (Å²) in [6.45, 7) is 4.87. The van der Waals surface area contributed by atoms with E-state index in [1.807, 2.05) is 0 Å². The summed E-state index contributed by atoms with van der Waals surface area (Å²) in [6.07, 6.45) is 57.6. The molecule has 0 aliphatic carbocycles. The van der Waals surface area contributed by atoms with Gasteiger partial charge in [-0.15, -0.1) is 0 Å². The molecule has 2 unspecified atom stereocenters. The molecule has 0 aliphatic heterocycles. The number of aliphatic hydroxyl groups is 1. The highest BCUT2D eigenvalue weighted by Gasteiger charge is 2.30. The van der Waals surface area contributed by atoms with Gasteiger partial charge in [0.1, 0.15) is 19.3 Å². The molecule has 0 bridgehead atoms. The number of phosphoric acid groups is 2. The van der Waals surface area contributed by atoms with Gasteiger partial charge in [0.25, 0.3) is 0 Å². The van der Waals surface area contributed by atoms with Gasteiger partial charge in [0, 0.05) is 25.7 Å². The lowest BCUT2D eigenvalue weighted by Gasteiger charge is -2.21. The number of unbranched alkanes of at least 4 members (excludes halogenated alkanes) is 42. The molecule has 0 aromatic heterocycles. The molecule has 0 aromatic rings. The molecular weight excluding hydrogens is 1200 g/mol. The Labute approximate surface area is 554 Å². The molecule has 3 N–H and O–H groups in total. The molecule has 5 atom stereocenters. The van der Waals surface area contributed by atoms with Crippen LogP contribution in [0.3, 0.4) is 0 Å². The Bertz CT molecular complexity index is 1830. The maximum absolute atomic E-state index is 13.0. The van der Waals surface area contributed by atoms with Crippen molar-refractivity contribution < 1.29 is 80.2 Å². The number of hydrogen-bond donors (Lipinski definition) is 3. The van der Waals surface area contributed by atoms with Crippen molar-refractivity contribution in [1.29, 1.82) is 0 Å². The van der Waals surface area contributed by atoms with Crippen molar-refractivity contribution in [3.63, 3.8) is 0 Å². The lowest BCUT2D eigenvalue weighted by Crippen LogP contribution is -2.30. The summed E-state index contributed by atoms with van der Waals surface area (Å²) in [6, 6.07) is 0. The van der Waals surface area contributed by atoms with Crippen LogP contribution in [0.25, 0.3) is 0 Å². The Morgan fingerprint density at radius 2 is 0.527 bits per heavy atom. The van der Waals surface area contributed by atoms with Gasteiger partial charge in [-0.1, -0.05) is 302 Å². The minimum Gasteiger partial charge on any atom is -0.462 e. The lowest BCUT2D eigenvalue weighted by molar-refractivity contribution is -0.161. The molecule has 0 saturated carbocycles. The van der Waals surface area contributed by atoms with Crippen molar-refractivity contribution in [2.24, 2.45) is 0 Å². The molecule has 0 amide bonds. The van der Waals surface area contributed by atoms with Gasteiger partial charge in [-0.05, 0) is 51.4 Å². The maximum atomic E-state index is 13.0. The molecule has 17 nitrogen and oxygen atoms in total. The van der Waals surface area contributed by atoms with E-state index in [0.29, 0.717) is 25.7 Å². The largest absolute Gasteiger partial charge is 0.472 e. The fourth-order valence-corrected chi connectivity index (χ4v) is 12.1. The number of carbonyl (C=O) groups excluding carboxylic acids is 4. The SMILES string of the molecule is CCCCCC/C=C\C=C/CCCCCCCC(=O)O[C@H](COC(=O)CCCCCCCCCCCCCCCCC)COP(=O)(O)OC[C@@H](O)COP(=O)(O)OC[C@@H](COC(=O)CCCCCCCCCC)OC(=O)CCCCCCCCCCCCCCC. The third-order valence-electron chi connectivity index (χ3n) is 16.2. The van der Waals surface area contributed by atoms with E-state index in [2.05, 4.69) is 52.0 Å². The van der Waals surface area contributed by atoms with Crippen molar-refractivity contribution in [1.82, 2.24) is 0 Å². The van der Waals surface area contributed by atoms with Crippen LogP contribution in [0.1, 0.15) is 355 Å². The molecule has 0 aromatic carbocycles. The van der Waals surface area contributed by atoms with Crippen LogP contribution in [0.5, 0.6) is 0 Å². The number of allylic oxidation sites excluding steroid dienone is 4. The van der Waals surface area contributed by atoms with Crippen molar-refractivity contribution in [2.45, 2.75) is 373 Å². The van der Waals surface area contributed by atoms with Crippen LogP contribution in [0.4, 0.5) is 0 Å². The molecule has 0 spiro atoms. The van der Waals surface area contributed by atoms with Crippen LogP contribution in [0, 0.1) is 0 Å². The second-order valence-corrected chi connectivity index (χ2v) is 28.2. The minimum absolute atomic E-state index is 0.0859. The van der Waals surface area contributed by atoms with E-state index in [1.54, 1.807) is 0 Å². The fraction of sp³-hybridized carbons (Fsp3) is 0.889. The Hall–Kier alpha value is -2.46. The number of ether oxygens (including phenoxy) is 4. The highest BCUT2D eigenvalue weighted by atomic mass is 31.2. The van der Waals surface area contributed by atoms with E-state index in [4.69, 9.17) is 37.0 Å². The van der Waals surface area contributed by atoms with Crippen LogP contribution in [-0.4, -0.2) is 96.7 Å². The van der Waals surface area contributed by atoms with Crippen molar-refractivity contribution in [3.8, 4) is 0 Å². The molecule has 0 radical (unpaired) electrons. The Morgan fingerprint density at radius 3 is 0.802 bits per heavy atom. The van der Waals surface area contributed by atoms with Gasteiger partial charge in [0.05, 0.1) is 26.4 Å². The zero-order chi connectivity index (χ0) is 66.8. The smallest absolute Gasteiger partial charge is 0.462 e. The number of rotatable bonds is 71. The first kappa shape index (κ1) is 88.5. The van der Waals surface area contributed by atoms with Crippen LogP contribution >= 0.6 is 15.6 Å². The highest BCUT2D eigenvalue weighted by Crippen LogP contribution is 2.45. The summed E-state index contributed by atoms with van der Waals surface area (Å²) in [5.41, 5.74) is 0. The van der Waals surface area contributed by atoms with Crippen LogP contribution < -0.4 is 0 Å². The quantitative estimate of drug-likeness (QED) is 0.0169. The summed E-state index contributed by atoms with van der Waals surface area (Å²) < 4.78 is 68.3. The fourth-order valence-electron chi connectivity index (χ4n) is 10.5. The Morgan fingerprint density at radius 1 is 0.308 bits per heavy atom. The summed E-state index contributed by atoms with van der Waals surface area (Å²) >= 11 is 0. The van der Waals surface area contributed by atoms with Crippen LogP contribution in [0.2, 0.25) is 0 Å². The standard InChI is InChI=1S/C72H136O17P2/c1-5-9-13-17-21-25-28-31-33-36-38-41-45-49-53-57-70(75)83-63-68(89-72(77)59-55-51-47-43-40-37-34-32-29-26-22-18-14-10-6-2)65-87-91(80,81)85-61-66(73)60-84-90(78,79)86-64-67(62-82-69(74)56-52-48-44-24-20-16-12-8-4)88-71(76)58-54-50-46-42-39-35-30-27-23-19-15-11-7-3/h26,29,32,34,66-68,73H,5-25,27-28,30-31,33,35-65H2,1-4H3,(H,78,79)(H,80,81)/b29-26-,34-32-/t66-,67+,68+/m0/s1. The van der Waals surface area contributed by atoms with E-state index in [1.165, 1.54) is 167 Å². The average molecular weight is 1340 g/mol. The van der Waals surface area contributed by atoms with Crippen molar-refractivity contribution in [3.05, 3.63) is 24.3 Å². The predicted octanol–water partition coefficient (Wildman–Crippen LogP) is 20.6. The van der Waals surface area contributed by atoms with Gasteiger partial charge in [0.15, 0.2) is 12.2 Å². The lowest BCUT2D eigenvalue weighted by atomic mass is 10.0. The third kappa shape index (κ3) is 66.0. The summed E-state index contributed by atoms with van der Waals surface area (Å²) in [7, 11) is -9.91.